The van der Waals surface area contributed by atoms with Gasteiger partial charge in [-0.3, -0.25) is 9.59 Å². The third-order valence-electron chi connectivity index (χ3n) is 3.98. The maximum atomic E-state index is 12.3. The minimum absolute atomic E-state index is 0.136. The number of carbonyl (C=O) groups is 3. The maximum Gasteiger partial charge on any atom is 0.339 e. The van der Waals surface area contributed by atoms with E-state index in [2.05, 4.69) is 0 Å². The van der Waals surface area contributed by atoms with E-state index in [1.54, 1.807) is 0 Å². The fourth-order valence-corrected chi connectivity index (χ4v) is 3.65. The second-order valence-electron chi connectivity index (χ2n) is 5.85. The molecule has 0 unspecified atom stereocenters. The van der Waals surface area contributed by atoms with Crippen LogP contribution in [0.15, 0.2) is 29.2 Å². The van der Waals surface area contributed by atoms with Crippen LogP contribution in [0.1, 0.15) is 29.6 Å². The molecule has 0 spiro atoms. The predicted octanol–water partition coefficient (Wildman–Crippen LogP) is 0.113. The highest BCUT2D eigenvalue weighted by atomic mass is 32.2. The number of benzene rings is 1. The lowest BCUT2D eigenvalue weighted by Crippen LogP contribution is -2.51. The van der Waals surface area contributed by atoms with Gasteiger partial charge >= 0.3 is 5.97 Å². The van der Waals surface area contributed by atoms with Crippen molar-refractivity contribution in [2.45, 2.75) is 30.2 Å². The minimum Gasteiger partial charge on any atom is -0.452 e. The van der Waals surface area contributed by atoms with Crippen molar-refractivity contribution >= 4 is 27.6 Å². The molecule has 0 aromatic heterocycles. The molecular formula is C16H20N2O6S. The van der Waals surface area contributed by atoms with E-state index in [9.17, 15) is 22.8 Å². The number of carbonyl (C=O) groups excluding carboxylic acids is 3. The van der Waals surface area contributed by atoms with E-state index in [4.69, 9.17) is 10.5 Å². The summed E-state index contributed by atoms with van der Waals surface area (Å²) in [5, 5.41) is 0. The number of nitrogens with two attached hydrogens (primary N) is 1. The fourth-order valence-electron chi connectivity index (χ4n) is 2.77. The lowest BCUT2D eigenvalue weighted by atomic mass is 10.0. The SMILES string of the molecule is CS(=O)(=O)c1ccccc1C(=O)OCC(=O)N1CCCC[C@H]1C(N)=O. The molecule has 1 aliphatic heterocycles. The van der Waals surface area contributed by atoms with E-state index in [0.29, 0.717) is 13.0 Å². The Bertz CT molecular complexity index is 790. The van der Waals surface area contributed by atoms with Gasteiger partial charge in [0.05, 0.1) is 10.5 Å². The third kappa shape index (κ3) is 4.56. The number of primary amides is 1. The monoisotopic (exact) mass is 368 g/mol. The van der Waals surface area contributed by atoms with E-state index in [1.165, 1.54) is 29.2 Å². The van der Waals surface area contributed by atoms with Crippen LogP contribution in [0.3, 0.4) is 0 Å². The summed E-state index contributed by atoms with van der Waals surface area (Å²) < 4.78 is 28.4. The summed E-state index contributed by atoms with van der Waals surface area (Å²) in [6.07, 6.45) is 2.99. The number of nitrogens with zero attached hydrogens (tertiary/aromatic N) is 1. The van der Waals surface area contributed by atoms with Gasteiger partial charge in [-0.2, -0.15) is 0 Å². The highest BCUT2D eigenvalue weighted by molar-refractivity contribution is 7.90. The van der Waals surface area contributed by atoms with Crippen molar-refractivity contribution in [2.75, 3.05) is 19.4 Å². The van der Waals surface area contributed by atoms with Crippen molar-refractivity contribution in [3.63, 3.8) is 0 Å². The topological polar surface area (TPSA) is 124 Å². The molecule has 0 aliphatic carbocycles. The summed E-state index contributed by atoms with van der Waals surface area (Å²) >= 11 is 0. The van der Waals surface area contributed by atoms with Gasteiger partial charge in [-0.15, -0.1) is 0 Å². The molecule has 0 saturated carbocycles. The van der Waals surface area contributed by atoms with Crippen molar-refractivity contribution < 1.29 is 27.5 Å². The van der Waals surface area contributed by atoms with E-state index < -0.39 is 40.3 Å². The Morgan fingerprint density at radius 3 is 2.56 bits per heavy atom. The number of hydrogen-bond acceptors (Lipinski definition) is 6. The molecule has 1 fully saturated rings. The van der Waals surface area contributed by atoms with Gasteiger partial charge in [0.15, 0.2) is 16.4 Å². The quantitative estimate of drug-likeness (QED) is 0.736. The van der Waals surface area contributed by atoms with Crippen LogP contribution in [0.25, 0.3) is 0 Å². The van der Waals surface area contributed by atoms with Gasteiger partial charge < -0.3 is 15.4 Å². The molecule has 1 aromatic rings. The van der Waals surface area contributed by atoms with Crippen LogP contribution < -0.4 is 5.73 Å². The first-order valence-electron chi connectivity index (χ1n) is 7.77. The van der Waals surface area contributed by atoms with Gasteiger partial charge in [-0.1, -0.05) is 12.1 Å². The van der Waals surface area contributed by atoms with Crippen LogP contribution in [0.5, 0.6) is 0 Å². The van der Waals surface area contributed by atoms with Crippen molar-refractivity contribution in [1.29, 1.82) is 0 Å². The standard InChI is InChI=1S/C16H20N2O6S/c1-25(22,23)13-8-3-2-6-11(13)16(21)24-10-14(19)18-9-5-4-7-12(18)15(17)20/h2-3,6,8,12H,4-5,7,9-10H2,1H3,(H2,17,20)/t12-/m0/s1. The largest absolute Gasteiger partial charge is 0.452 e. The molecule has 2 rings (SSSR count). The lowest BCUT2D eigenvalue weighted by Gasteiger charge is -2.33. The molecule has 1 heterocycles. The molecule has 1 saturated heterocycles. The van der Waals surface area contributed by atoms with E-state index in [1.807, 2.05) is 0 Å². The number of ether oxygens (including phenoxy) is 1. The third-order valence-corrected chi connectivity index (χ3v) is 5.14. The average Bonchev–Trinajstić information content (AvgIpc) is 2.58. The summed E-state index contributed by atoms with van der Waals surface area (Å²) in [5.41, 5.74) is 5.17. The number of amides is 2. The number of rotatable bonds is 5. The Hall–Kier alpha value is -2.42. The van der Waals surface area contributed by atoms with Gasteiger partial charge in [0, 0.05) is 12.8 Å². The fraction of sp³-hybridized carbons (Fsp3) is 0.438. The molecule has 9 heteroatoms. The molecular weight excluding hydrogens is 348 g/mol. The number of hydrogen-bond donors (Lipinski definition) is 1. The highest BCUT2D eigenvalue weighted by Crippen LogP contribution is 2.18. The van der Waals surface area contributed by atoms with Crippen molar-refractivity contribution in [3.05, 3.63) is 29.8 Å². The smallest absolute Gasteiger partial charge is 0.339 e. The lowest BCUT2D eigenvalue weighted by molar-refractivity contribution is -0.143. The molecule has 136 valence electrons. The minimum atomic E-state index is -3.61. The van der Waals surface area contributed by atoms with Crippen LogP contribution >= 0.6 is 0 Å². The highest BCUT2D eigenvalue weighted by Gasteiger charge is 2.31. The summed E-state index contributed by atoms with van der Waals surface area (Å²) in [6.45, 7) is -0.218. The second-order valence-corrected chi connectivity index (χ2v) is 7.83. The van der Waals surface area contributed by atoms with Crippen molar-refractivity contribution in [3.8, 4) is 0 Å². The van der Waals surface area contributed by atoms with Crippen LogP contribution in [-0.2, 0) is 24.2 Å². The Kier molecular flexibility index (Phi) is 5.78. The van der Waals surface area contributed by atoms with Gasteiger partial charge in [0.1, 0.15) is 6.04 Å². The van der Waals surface area contributed by atoms with Crippen LogP contribution in [-0.4, -0.2) is 56.6 Å². The molecule has 8 nitrogen and oxygen atoms in total. The van der Waals surface area contributed by atoms with Crippen molar-refractivity contribution in [2.24, 2.45) is 5.73 Å². The van der Waals surface area contributed by atoms with E-state index >= 15 is 0 Å². The summed E-state index contributed by atoms with van der Waals surface area (Å²) in [5.74, 6) is -2.04. The molecule has 1 aromatic carbocycles. The summed E-state index contributed by atoms with van der Waals surface area (Å²) in [6, 6.07) is 4.89. The Morgan fingerprint density at radius 1 is 1.24 bits per heavy atom. The normalized spacial score (nSPS) is 17.8. The van der Waals surface area contributed by atoms with Crippen molar-refractivity contribution in [1.82, 2.24) is 4.90 Å². The summed E-state index contributed by atoms with van der Waals surface area (Å²) in [7, 11) is -3.61. The zero-order chi connectivity index (χ0) is 18.6. The summed E-state index contributed by atoms with van der Waals surface area (Å²) in [4.78, 5) is 37.0. The Labute approximate surface area is 145 Å². The first kappa shape index (κ1) is 18.9. The predicted molar refractivity (Wildman–Crippen MR) is 88.4 cm³/mol. The van der Waals surface area contributed by atoms with Gasteiger partial charge in [-0.25, -0.2) is 13.2 Å². The molecule has 2 amide bonds. The zero-order valence-electron chi connectivity index (χ0n) is 13.8. The molecule has 1 aliphatic rings. The zero-order valence-corrected chi connectivity index (χ0v) is 14.6. The molecule has 2 N–H and O–H groups in total. The second kappa shape index (κ2) is 7.64. The van der Waals surface area contributed by atoms with E-state index in [-0.39, 0.29) is 10.5 Å². The van der Waals surface area contributed by atoms with Crippen LogP contribution in [0.4, 0.5) is 0 Å². The van der Waals surface area contributed by atoms with E-state index in [0.717, 1.165) is 19.1 Å². The number of piperidine rings is 1. The Morgan fingerprint density at radius 2 is 1.92 bits per heavy atom. The molecule has 0 bridgehead atoms. The van der Waals surface area contributed by atoms with Crippen LogP contribution in [0.2, 0.25) is 0 Å². The molecule has 1 atom stereocenters. The van der Waals surface area contributed by atoms with Gasteiger partial charge in [0.25, 0.3) is 5.91 Å². The number of esters is 1. The van der Waals surface area contributed by atoms with Crippen LogP contribution in [0, 0.1) is 0 Å². The van der Waals surface area contributed by atoms with Gasteiger partial charge in [0.2, 0.25) is 5.91 Å². The average molecular weight is 368 g/mol. The number of likely N-dealkylation sites (tertiary alicyclic amines) is 1. The van der Waals surface area contributed by atoms with Gasteiger partial charge in [-0.05, 0) is 31.4 Å². The maximum absolute atomic E-state index is 12.3. The first-order valence-corrected chi connectivity index (χ1v) is 9.66. The first-order chi connectivity index (χ1) is 11.7. The molecule has 0 radical (unpaired) electrons. The number of sulfone groups is 1. The Balaban J connectivity index is 2.07. The molecule has 25 heavy (non-hydrogen) atoms.